The average molecular weight is 437 g/mol. The van der Waals surface area contributed by atoms with Gasteiger partial charge in [-0.15, -0.1) is 0 Å². The first-order valence-electron chi connectivity index (χ1n) is 10.5. The van der Waals surface area contributed by atoms with E-state index in [2.05, 4.69) is 4.98 Å². The first-order valence-corrected chi connectivity index (χ1v) is 10.5. The number of aromatic nitrogens is 1. The molecule has 2 aromatic carbocycles. The maximum Gasteiger partial charge on any atom is 0.272 e. The molecule has 0 atom stereocenters. The van der Waals surface area contributed by atoms with Gasteiger partial charge in [0.05, 0.1) is 0 Å². The van der Waals surface area contributed by atoms with Gasteiger partial charge in [-0.2, -0.15) is 0 Å². The van der Waals surface area contributed by atoms with Crippen molar-refractivity contribution in [2.24, 2.45) is 0 Å². The van der Waals surface area contributed by atoms with Crippen molar-refractivity contribution in [3.8, 4) is 0 Å². The smallest absolute Gasteiger partial charge is 0.272 e. The number of amides is 2. The molecule has 5 nitrogen and oxygen atoms in total. The number of benzene rings is 2. The summed E-state index contributed by atoms with van der Waals surface area (Å²) in [5, 5.41) is 0. The lowest BCUT2D eigenvalue weighted by molar-refractivity contribution is 0.0738. The molecule has 3 aromatic rings. The van der Waals surface area contributed by atoms with E-state index in [0.717, 1.165) is 0 Å². The highest BCUT2D eigenvalue weighted by Gasteiger charge is 2.21. The molecule has 0 saturated carbocycles. The summed E-state index contributed by atoms with van der Waals surface area (Å²) in [4.78, 5) is 33.4. The molecule has 0 fully saturated rings. The van der Waals surface area contributed by atoms with Crippen LogP contribution in [0.3, 0.4) is 0 Å². The third-order valence-corrected chi connectivity index (χ3v) is 5.05. The van der Waals surface area contributed by atoms with Gasteiger partial charge in [0.25, 0.3) is 11.8 Å². The molecule has 1 heterocycles. The van der Waals surface area contributed by atoms with Gasteiger partial charge < -0.3 is 9.80 Å². The molecular formula is C25H25F2N3O2. The lowest BCUT2D eigenvalue weighted by Crippen LogP contribution is -2.33. The van der Waals surface area contributed by atoms with Gasteiger partial charge in [0.2, 0.25) is 0 Å². The van der Waals surface area contributed by atoms with E-state index in [-0.39, 0.29) is 47.9 Å². The summed E-state index contributed by atoms with van der Waals surface area (Å²) in [6, 6.07) is 16.9. The Bertz CT molecular complexity index is 1020. The minimum Gasteiger partial charge on any atom is -0.333 e. The van der Waals surface area contributed by atoms with Gasteiger partial charge in [-0.1, -0.05) is 30.3 Å². The zero-order valence-electron chi connectivity index (χ0n) is 18.1. The van der Waals surface area contributed by atoms with Crippen LogP contribution in [0.5, 0.6) is 0 Å². The molecule has 7 heteroatoms. The van der Waals surface area contributed by atoms with Crippen molar-refractivity contribution in [2.45, 2.75) is 26.9 Å². The minimum absolute atomic E-state index is 0.135. The second kappa shape index (κ2) is 10.6. The van der Waals surface area contributed by atoms with Crippen LogP contribution in [0.2, 0.25) is 0 Å². The number of hydrogen-bond acceptors (Lipinski definition) is 3. The topological polar surface area (TPSA) is 53.5 Å². The quantitative estimate of drug-likeness (QED) is 0.514. The lowest BCUT2D eigenvalue weighted by atomic mass is 10.2. The van der Waals surface area contributed by atoms with E-state index in [0.29, 0.717) is 24.2 Å². The minimum atomic E-state index is -0.366. The molecule has 0 radical (unpaired) electrons. The van der Waals surface area contributed by atoms with Crippen molar-refractivity contribution in [1.29, 1.82) is 0 Å². The van der Waals surface area contributed by atoms with Crippen molar-refractivity contribution in [3.05, 3.63) is 101 Å². The molecule has 166 valence electrons. The van der Waals surface area contributed by atoms with Gasteiger partial charge >= 0.3 is 0 Å². The summed E-state index contributed by atoms with van der Waals surface area (Å²) in [5.41, 5.74) is 1.60. The normalized spacial score (nSPS) is 10.6. The molecular weight excluding hydrogens is 412 g/mol. The summed E-state index contributed by atoms with van der Waals surface area (Å²) < 4.78 is 27.0. The molecule has 32 heavy (non-hydrogen) atoms. The molecule has 0 bridgehead atoms. The predicted octanol–water partition coefficient (Wildman–Crippen LogP) is 4.68. The zero-order valence-corrected chi connectivity index (χ0v) is 18.1. The van der Waals surface area contributed by atoms with E-state index >= 15 is 0 Å². The van der Waals surface area contributed by atoms with Crippen molar-refractivity contribution in [1.82, 2.24) is 14.8 Å². The monoisotopic (exact) mass is 437 g/mol. The second-order valence-electron chi connectivity index (χ2n) is 7.31. The Morgan fingerprint density at radius 2 is 1.12 bits per heavy atom. The molecule has 0 saturated heterocycles. The third kappa shape index (κ3) is 5.75. The number of nitrogens with zero attached hydrogens (tertiary/aromatic N) is 3. The van der Waals surface area contributed by atoms with Gasteiger partial charge in [-0.3, -0.25) is 9.59 Å². The van der Waals surface area contributed by atoms with Crippen LogP contribution in [-0.2, 0) is 13.1 Å². The fourth-order valence-electron chi connectivity index (χ4n) is 3.36. The largest absolute Gasteiger partial charge is 0.333 e. The SMILES string of the molecule is CCN(Cc1cccc(F)c1)C(=O)c1cccc(C(=O)N(CC)Cc2cccc(F)c2)n1. The van der Waals surface area contributed by atoms with Crippen LogP contribution in [0.25, 0.3) is 0 Å². The fraction of sp³-hybridized carbons (Fsp3) is 0.240. The molecule has 0 aliphatic rings. The average Bonchev–Trinajstić information content (AvgIpc) is 2.80. The van der Waals surface area contributed by atoms with E-state index in [9.17, 15) is 18.4 Å². The summed E-state index contributed by atoms with van der Waals surface area (Å²) in [6.07, 6.45) is 0. The number of pyridine rings is 1. The maximum absolute atomic E-state index is 13.5. The molecule has 2 amide bonds. The van der Waals surface area contributed by atoms with Crippen LogP contribution in [0.1, 0.15) is 46.0 Å². The molecule has 0 aliphatic heterocycles. The Kier molecular flexibility index (Phi) is 7.65. The Labute approximate surface area is 186 Å². The number of halogens is 2. The van der Waals surface area contributed by atoms with Crippen LogP contribution in [0.15, 0.2) is 66.7 Å². The van der Waals surface area contributed by atoms with E-state index in [1.54, 1.807) is 42.5 Å². The van der Waals surface area contributed by atoms with Crippen molar-refractivity contribution in [2.75, 3.05) is 13.1 Å². The summed E-state index contributed by atoms with van der Waals surface area (Å²) in [7, 11) is 0. The Hall–Kier alpha value is -3.61. The number of carbonyl (C=O) groups excluding carboxylic acids is 2. The van der Waals surface area contributed by atoms with Gasteiger partial charge in [-0.25, -0.2) is 13.8 Å². The molecule has 0 unspecified atom stereocenters. The number of carbonyl (C=O) groups is 2. The Balaban J connectivity index is 1.77. The molecule has 0 spiro atoms. The van der Waals surface area contributed by atoms with E-state index in [1.807, 2.05) is 13.8 Å². The zero-order chi connectivity index (χ0) is 23.1. The molecule has 0 N–H and O–H groups in total. The maximum atomic E-state index is 13.5. The van der Waals surface area contributed by atoms with Crippen molar-refractivity contribution in [3.63, 3.8) is 0 Å². The van der Waals surface area contributed by atoms with Crippen molar-refractivity contribution >= 4 is 11.8 Å². The first-order chi connectivity index (χ1) is 15.4. The Morgan fingerprint density at radius 1 is 0.719 bits per heavy atom. The van der Waals surface area contributed by atoms with Crippen LogP contribution in [0.4, 0.5) is 8.78 Å². The third-order valence-electron chi connectivity index (χ3n) is 5.05. The van der Waals surface area contributed by atoms with Crippen LogP contribution in [0, 0.1) is 11.6 Å². The van der Waals surface area contributed by atoms with Gasteiger partial charge in [0, 0.05) is 26.2 Å². The number of rotatable bonds is 8. The lowest BCUT2D eigenvalue weighted by Gasteiger charge is -2.22. The van der Waals surface area contributed by atoms with Crippen LogP contribution in [-0.4, -0.2) is 39.7 Å². The second-order valence-corrected chi connectivity index (χ2v) is 7.31. The summed E-state index contributed by atoms with van der Waals surface area (Å²) in [5.74, 6) is -1.43. The summed E-state index contributed by atoms with van der Waals surface area (Å²) in [6.45, 7) is 4.90. The molecule has 1 aromatic heterocycles. The Morgan fingerprint density at radius 3 is 1.50 bits per heavy atom. The highest BCUT2D eigenvalue weighted by molar-refractivity contribution is 5.96. The fourth-order valence-corrected chi connectivity index (χ4v) is 3.36. The molecule has 3 rings (SSSR count). The standard InChI is InChI=1S/C25H25F2N3O2/c1-3-29(16-18-8-5-10-20(26)14-18)24(31)22-12-7-13-23(28-22)25(32)30(4-2)17-19-9-6-11-21(27)15-19/h5-15H,3-4,16-17H2,1-2H3. The number of hydrogen-bond donors (Lipinski definition) is 0. The van der Waals surface area contributed by atoms with E-state index in [4.69, 9.17) is 0 Å². The van der Waals surface area contributed by atoms with Gasteiger partial charge in [0.15, 0.2) is 0 Å². The highest BCUT2D eigenvalue weighted by Crippen LogP contribution is 2.13. The predicted molar refractivity (Wildman–Crippen MR) is 118 cm³/mol. The van der Waals surface area contributed by atoms with Crippen LogP contribution < -0.4 is 0 Å². The van der Waals surface area contributed by atoms with Gasteiger partial charge in [0.1, 0.15) is 23.0 Å². The van der Waals surface area contributed by atoms with E-state index in [1.165, 1.54) is 34.1 Å². The van der Waals surface area contributed by atoms with E-state index < -0.39 is 0 Å². The van der Waals surface area contributed by atoms with Gasteiger partial charge in [-0.05, 0) is 61.4 Å². The van der Waals surface area contributed by atoms with Crippen molar-refractivity contribution < 1.29 is 18.4 Å². The molecule has 0 aliphatic carbocycles. The highest BCUT2D eigenvalue weighted by atomic mass is 19.1. The first kappa shape index (κ1) is 23.1. The summed E-state index contributed by atoms with van der Waals surface area (Å²) >= 11 is 0. The van der Waals surface area contributed by atoms with Crippen LogP contribution >= 0.6 is 0 Å².